The number of carbonyl (C=O) groups is 2. The van der Waals surface area contributed by atoms with Crippen molar-refractivity contribution in [2.75, 3.05) is 16.8 Å². The van der Waals surface area contributed by atoms with E-state index in [2.05, 4.69) is 10.4 Å². The summed E-state index contributed by atoms with van der Waals surface area (Å²) in [6, 6.07) is 15.2. The Morgan fingerprint density at radius 2 is 1.86 bits per heavy atom. The van der Waals surface area contributed by atoms with Gasteiger partial charge >= 0.3 is 0 Å². The number of rotatable bonds is 4. The maximum Gasteiger partial charge on any atom is 0.255 e. The van der Waals surface area contributed by atoms with E-state index < -0.39 is 0 Å². The minimum atomic E-state index is -0.179. The van der Waals surface area contributed by atoms with Crippen LogP contribution in [0.4, 0.5) is 11.4 Å². The molecule has 6 heteroatoms. The van der Waals surface area contributed by atoms with Crippen molar-refractivity contribution < 1.29 is 9.59 Å². The third kappa shape index (κ3) is 3.53. The van der Waals surface area contributed by atoms with Crippen LogP contribution in [0.25, 0.3) is 5.69 Å². The highest BCUT2D eigenvalue weighted by atomic mass is 16.2. The zero-order chi connectivity index (χ0) is 20.5. The maximum atomic E-state index is 12.9. The van der Waals surface area contributed by atoms with Crippen LogP contribution in [0.15, 0.2) is 48.5 Å². The Hall–Kier alpha value is -3.41. The van der Waals surface area contributed by atoms with Gasteiger partial charge in [-0.05, 0) is 62.2 Å². The van der Waals surface area contributed by atoms with E-state index in [0.717, 1.165) is 34.7 Å². The van der Waals surface area contributed by atoms with Crippen LogP contribution in [0, 0.1) is 13.8 Å². The van der Waals surface area contributed by atoms with Crippen LogP contribution in [-0.4, -0.2) is 28.1 Å². The summed E-state index contributed by atoms with van der Waals surface area (Å²) in [5.74, 6) is -0.0678. The van der Waals surface area contributed by atoms with E-state index in [1.165, 1.54) is 0 Å². The molecule has 1 N–H and O–H groups in total. The summed E-state index contributed by atoms with van der Waals surface area (Å²) in [7, 11) is 0. The number of hydrogen-bond acceptors (Lipinski definition) is 3. The van der Waals surface area contributed by atoms with Gasteiger partial charge in [-0.2, -0.15) is 5.10 Å². The highest BCUT2D eigenvalue weighted by molar-refractivity contribution is 6.06. The molecular weight excluding hydrogens is 364 g/mol. The first-order chi connectivity index (χ1) is 14.0. The lowest BCUT2D eigenvalue weighted by atomic mass is 10.1. The summed E-state index contributed by atoms with van der Waals surface area (Å²) in [4.78, 5) is 26.8. The first kappa shape index (κ1) is 18.9. The normalized spacial score (nSPS) is 12.7. The average Bonchev–Trinajstić information content (AvgIpc) is 3.29. The van der Waals surface area contributed by atoms with E-state index in [9.17, 15) is 9.59 Å². The van der Waals surface area contributed by atoms with Gasteiger partial charge in [0.2, 0.25) is 5.91 Å². The third-order valence-corrected chi connectivity index (χ3v) is 5.23. The molecule has 0 bridgehead atoms. The van der Waals surface area contributed by atoms with E-state index >= 15 is 0 Å². The lowest BCUT2D eigenvalue weighted by Crippen LogP contribution is -2.27. The van der Waals surface area contributed by atoms with E-state index in [1.807, 2.05) is 67.9 Å². The Bertz CT molecular complexity index is 1100. The topological polar surface area (TPSA) is 67.2 Å². The molecule has 0 radical (unpaired) electrons. The highest BCUT2D eigenvalue weighted by Crippen LogP contribution is 2.30. The van der Waals surface area contributed by atoms with Crippen LogP contribution in [0.1, 0.15) is 40.7 Å². The molecule has 29 heavy (non-hydrogen) atoms. The van der Waals surface area contributed by atoms with Crippen LogP contribution in [0.2, 0.25) is 0 Å². The number of anilines is 2. The lowest BCUT2D eigenvalue weighted by Gasteiger charge is -2.16. The van der Waals surface area contributed by atoms with E-state index in [0.29, 0.717) is 24.2 Å². The predicted octanol–water partition coefficient (Wildman–Crippen LogP) is 4.04. The summed E-state index contributed by atoms with van der Waals surface area (Å²) in [6.07, 6.45) is 1.25. The molecule has 1 aliphatic heterocycles. The number of hydrogen-bond donors (Lipinski definition) is 1. The zero-order valence-electron chi connectivity index (χ0n) is 16.9. The Kier molecular flexibility index (Phi) is 4.92. The molecule has 0 fully saturated rings. The molecule has 148 valence electrons. The fourth-order valence-electron chi connectivity index (χ4n) is 3.82. The number of para-hydroxylation sites is 2. The molecule has 2 aromatic carbocycles. The number of carbonyl (C=O) groups excluding carboxylic acids is 2. The van der Waals surface area contributed by atoms with Crippen molar-refractivity contribution in [3.63, 3.8) is 0 Å². The van der Waals surface area contributed by atoms with Gasteiger partial charge in [0.05, 0.1) is 17.1 Å². The fraction of sp³-hybridized carbons (Fsp3) is 0.261. The summed E-state index contributed by atoms with van der Waals surface area (Å²) in [6.45, 7) is 6.47. The minimum Gasteiger partial charge on any atom is -0.320 e. The molecule has 6 nitrogen and oxygen atoms in total. The van der Waals surface area contributed by atoms with Crippen LogP contribution < -0.4 is 10.2 Å². The molecule has 0 spiro atoms. The Morgan fingerprint density at radius 1 is 1.07 bits per heavy atom. The fourth-order valence-corrected chi connectivity index (χ4v) is 3.82. The first-order valence-electron chi connectivity index (χ1n) is 9.85. The van der Waals surface area contributed by atoms with Gasteiger partial charge in [0, 0.05) is 29.9 Å². The SMILES string of the molecule is CCC(=O)N1CCc2cc(C(=O)Nc3ccccc3-n3nc(C)cc3C)ccc21. The summed E-state index contributed by atoms with van der Waals surface area (Å²) >= 11 is 0. The predicted molar refractivity (Wildman–Crippen MR) is 114 cm³/mol. The van der Waals surface area contributed by atoms with Crippen molar-refractivity contribution in [2.24, 2.45) is 0 Å². The van der Waals surface area contributed by atoms with Crippen LogP contribution in [0.5, 0.6) is 0 Å². The molecule has 1 aromatic heterocycles. The molecule has 0 unspecified atom stereocenters. The molecule has 3 aromatic rings. The summed E-state index contributed by atoms with van der Waals surface area (Å²) in [5, 5.41) is 7.55. The van der Waals surface area contributed by atoms with Gasteiger partial charge in [0.25, 0.3) is 5.91 Å². The molecule has 2 amide bonds. The summed E-state index contributed by atoms with van der Waals surface area (Å²) in [5.41, 5.74) is 5.98. The van der Waals surface area contributed by atoms with Crippen molar-refractivity contribution in [3.05, 3.63) is 71.0 Å². The van der Waals surface area contributed by atoms with Gasteiger partial charge in [-0.15, -0.1) is 0 Å². The standard InChI is InChI=1S/C23H24N4O2/c1-4-22(28)26-12-11-17-14-18(9-10-20(17)26)23(29)24-19-7-5-6-8-21(19)27-16(3)13-15(2)25-27/h5-10,13-14H,4,11-12H2,1-3H3,(H,24,29). The monoisotopic (exact) mass is 388 g/mol. The molecular formula is C23H24N4O2. The number of benzene rings is 2. The second-order valence-electron chi connectivity index (χ2n) is 7.30. The Balaban J connectivity index is 1.60. The van der Waals surface area contributed by atoms with Crippen LogP contribution in [-0.2, 0) is 11.2 Å². The number of aromatic nitrogens is 2. The van der Waals surface area contributed by atoms with Crippen molar-refractivity contribution in [3.8, 4) is 5.69 Å². The number of fused-ring (bicyclic) bond motifs is 1. The van der Waals surface area contributed by atoms with E-state index in [-0.39, 0.29) is 11.8 Å². The molecule has 0 atom stereocenters. The van der Waals surface area contributed by atoms with Gasteiger partial charge in [0.15, 0.2) is 0 Å². The van der Waals surface area contributed by atoms with Gasteiger partial charge in [-0.3, -0.25) is 9.59 Å². The van der Waals surface area contributed by atoms with Crippen molar-refractivity contribution in [1.82, 2.24) is 9.78 Å². The van der Waals surface area contributed by atoms with Gasteiger partial charge in [-0.1, -0.05) is 19.1 Å². The van der Waals surface area contributed by atoms with Crippen LogP contribution in [0.3, 0.4) is 0 Å². The molecule has 0 saturated heterocycles. The van der Waals surface area contributed by atoms with Crippen LogP contribution >= 0.6 is 0 Å². The van der Waals surface area contributed by atoms with Gasteiger partial charge in [-0.25, -0.2) is 4.68 Å². The van der Waals surface area contributed by atoms with E-state index in [4.69, 9.17) is 0 Å². The summed E-state index contributed by atoms with van der Waals surface area (Å²) < 4.78 is 1.84. The first-order valence-corrected chi connectivity index (χ1v) is 9.85. The number of amides is 2. The number of aryl methyl sites for hydroxylation is 2. The lowest BCUT2D eigenvalue weighted by molar-refractivity contribution is -0.118. The van der Waals surface area contributed by atoms with Crippen molar-refractivity contribution in [2.45, 2.75) is 33.6 Å². The third-order valence-electron chi connectivity index (χ3n) is 5.23. The molecule has 4 rings (SSSR count). The smallest absolute Gasteiger partial charge is 0.255 e. The number of nitrogens with zero attached hydrogens (tertiary/aromatic N) is 3. The zero-order valence-corrected chi connectivity index (χ0v) is 16.9. The largest absolute Gasteiger partial charge is 0.320 e. The molecule has 0 saturated carbocycles. The quantitative estimate of drug-likeness (QED) is 0.733. The number of nitrogens with one attached hydrogen (secondary N) is 1. The van der Waals surface area contributed by atoms with Gasteiger partial charge in [0.1, 0.15) is 0 Å². The highest BCUT2D eigenvalue weighted by Gasteiger charge is 2.24. The Labute approximate surface area is 170 Å². The van der Waals surface area contributed by atoms with Crippen molar-refractivity contribution >= 4 is 23.2 Å². The molecule has 0 aliphatic carbocycles. The van der Waals surface area contributed by atoms with Gasteiger partial charge < -0.3 is 10.2 Å². The Morgan fingerprint density at radius 3 is 2.59 bits per heavy atom. The minimum absolute atomic E-state index is 0.111. The second-order valence-corrected chi connectivity index (χ2v) is 7.30. The maximum absolute atomic E-state index is 12.9. The van der Waals surface area contributed by atoms with E-state index in [1.54, 1.807) is 11.0 Å². The van der Waals surface area contributed by atoms with Crippen molar-refractivity contribution in [1.29, 1.82) is 0 Å². The second kappa shape index (κ2) is 7.54. The molecule has 1 aliphatic rings. The average molecular weight is 388 g/mol. The molecule has 2 heterocycles.